The monoisotopic (exact) mass is 250 g/mol. The normalized spacial score (nSPS) is 9.83. The van der Waals surface area contributed by atoms with E-state index >= 15 is 0 Å². The zero-order chi connectivity index (χ0) is 13.4. The van der Waals surface area contributed by atoms with Crippen molar-refractivity contribution in [2.24, 2.45) is 5.73 Å². The topological polar surface area (TPSA) is 97.1 Å². The molecule has 6 heteroatoms. The van der Waals surface area contributed by atoms with E-state index in [-0.39, 0.29) is 18.9 Å². The molecule has 0 bridgehead atoms. The van der Waals surface area contributed by atoms with Crippen molar-refractivity contribution in [3.05, 3.63) is 23.9 Å². The average molecular weight is 250 g/mol. The van der Waals surface area contributed by atoms with Crippen LogP contribution in [0.15, 0.2) is 18.3 Å². The summed E-state index contributed by atoms with van der Waals surface area (Å²) in [6.45, 7) is 3.01. The molecule has 1 aromatic rings. The van der Waals surface area contributed by atoms with Crippen molar-refractivity contribution in [2.75, 3.05) is 18.4 Å². The van der Waals surface area contributed by atoms with Gasteiger partial charge in [-0.15, -0.1) is 0 Å². The number of pyridine rings is 1. The Morgan fingerprint density at radius 3 is 2.83 bits per heavy atom. The summed E-state index contributed by atoms with van der Waals surface area (Å²) in [4.78, 5) is 26.6. The van der Waals surface area contributed by atoms with E-state index in [0.717, 1.165) is 13.0 Å². The number of hydrogen-bond donors (Lipinski definition) is 3. The molecule has 0 aliphatic rings. The Balaban J connectivity index is 2.63. The van der Waals surface area contributed by atoms with Gasteiger partial charge in [0.1, 0.15) is 5.82 Å². The number of rotatable bonds is 7. The van der Waals surface area contributed by atoms with Crippen LogP contribution in [0.5, 0.6) is 0 Å². The maximum Gasteiger partial charge on any atom is 0.255 e. The zero-order valence-electron chi connectivity index (χ0n) is 10.4. The molecule has 1 aromatic heterocycles. The Kier molecular flexibility index (Phi) is 5.63. The Hall–Kier alpha value is -2.11. The molecule has 0 aromatic carbocycles. The molecule has 0 unspecified atom stereocenters. The van der Waals surface area contributed by atoms with Gasteiger partial charge in [0.25, 0.3) is 5.91 Å². The predicted molar refractivity (Wildman–Crippen MR) is 69.2 cm³/mol. The predicted octanol–water partition coefficient (Wildman–Crippen LogP) is 0.509. The summed E-state index contributed by atoms with van der Waals surface area (Å²) in [5.41, 5.74) is 5.47. The van der Waals surface area contributed by atoms with E-state index in [9.17, 15) is 9.59 Å². The zero-order valence-corrected chi connectivity index (χ0v) is 10.4. The number of carbonyl (C=O) groups excluding carboxylic acids is 2. The first kappa shape index (κ1) is 14.0. The van der Waals surface area contributed by atoms with Gasteiger partial charge in [-0.05, 0) is 18.6 Å². The van der Waals surface area contributed by atoms with Gasteiger partial charge in [0.05, 0.1) is 5.56 Å². The van der Waals surface area contributed by atoms with Crippen LogP contribution in [0, 0.1) is 0 Å². The van der Waals surface area contributed by atoms with Crippen molar-refractivity contribution in [3.63, 3.8) is 0 Å². The maximum absolute atomic E-state index is 11.9. The van der Waals surface area contributed by atoms with Gasteiger partial charge in [0, 0.05) is 25.7 Å². The number of nitrogens with two attached hydrogens (primary N) is 1. The van der Waals surface area contributed by atoms with Crippen LogP contribution in [0.3, 0.4) is 0 Å². The first-order valence-electron chi connectivity index (χ1n) is 5.90. The smallest absolute Gasteiger partial charge is 0.255 e. The highest BCUT2D eigenvalue weighted by Crippen LogP contribution is 2.10. The standard InChI is InChI=1S/C12H18N4O2/c1-2-6-14-11-9(4-3-7-15-11)12(18)16-8-5-10(13)17/h3-4,7H,2,5-6,8H2,1H3,(H2,13,17)(H,14,15)(H,16,18). The van der Waals surface area contributed by atoms with E-state index in [1.807, 2.05) is 6.92 Å². The fraction of sp³-hybridized carbons (Fsp3) is 0.417. The van der Waals surface area contributed by atoms with Crippen LogP contribution in [-0.2, 0) is 4.79 Å². The molecular formula is C12H18N4O2. The molecule has 0 saturated carbocycles. The molecular weight excluding hydrogens is 232 g/mol. The minimum atomic E-state index is -0.439. The fourth-order valence-electron chi connectivity index (χ4n) is 1.37. The van der Waals surface area contributed by atoms with Crippen LogP contribution in [0.1, 0.15) is 30.1 Å². The van der Waals surface area contributed by atoms with Crippen molar-refractivity contribution in [1.29, 1.82) is 0 Å². The molecule has 2 amide bonds. The summed E-state index contributed by atoms with van der Waals surface area (Å²) in [5, 5.41) is 5.71. The second kappa shape index (κ2) is 7.26. The van der Waals surface area contributed by atoms with Gasteiger partial charge in [-0.3, -0.25) is 9.59 Å². The summed E-state index contributed by atoms with van der Waals surface area (Å²) in [6, 6.07) is 3.38. The van der Waals surface area contributed by atoms with Gasteiger partial charge in [-0.1, -0.05) is 6.92 Å². The summed E-state index contributed by atoms with van der Waals surface area (Å²) in [5.74, 6) is -0.148. The van der Waals surface area contributed by atoms with Crippen LogP contribution >= 0.6 is 0 Å². The third-order valence-corrected chi connectivity index (χ3v) is 2.25. The molecule has 1 rings (SSSR count). The van der Waals surface area contributed by atoms with Gasteiger partial charge in [0.2, 0.25) is 5.91 Å². The number of hydrogen-bond acceptors (Lipinski definition) is 4. The van der Waals surface area contributed by atoms with Crippen LogP contribution in [-0.4, -0.2) is 29.9 Å². The van der Waals surface area contributed by atoms with Crippen molar-refractivity contribution in [1.82, 2.24) is 10.3 Å². The quantitative estimate of drug-likeness (QED) is 0.656. The molecule has 4 N–H and O–H groups in total. The largest absolute Gasteiger partial charge is 0.370 e. The molecule has 18 heavy (non-hydrogen) atoms. The van der Waals surface area contributed by atoms with E-state index in [1.54, 1.807) is 18.3 Å². The minimum Gasteiger partial charge on any atom is -0.370 e. The highest BCUT2D eigenvalue weighted by molar-refractivity contribution is 5.98. The lowest BCUT2D eigenvalue weighted by Gasteiger charge is -2.10. The lowest BCUT2D eigenvalue weighted by Crippen LogP contribution is -2.28. The fourth-order valence-corrected chi connectivity index (χ4v) is 1.37. The van der Waals surface area contributed by atoms with Gasteiger partial charge in [-0.25, -0.2) is 4.98 Å². The van der Waals surface area contributed by atoms with Gasteiger partial charge >= 0.3 is 0 Å². The third kappa shape index (κ3) is 4.40. The summed E-state index contributed by atoms with van der Waals surface area (Å²) >= 11 is 0. The molecule has 98 valence electrons. The van der Waals surface area contributed by atoms with Crippen LogP contribution in [0.25, 0.3) is 0 Å². The lowest BCUT2D eigenvalue weighted by atomic mass is 10.2. The number of anilines is 1. The second-order valence-corrected chi connectivity index (χ2v) is 3.80. The summed E-state index contributed by atoms with van der Waals surface area (Å²) < 4.78 is 0. The van der Waals surface area contributed by atoms with E-state index < -0.39 is 5.91 Å². The van der Waals surface area contributed by atoms with Gasteiger partial charge in [0.15, 0.2) is 0 Å². The molecule has 0 radical (unpaired) electrons. The molecule has 0 spiro atoms. The Bertz CT molecular complexity index is 420. The molecule has 1 heterocycles. The van der Waals surface area contributed by atoms with Crippen LogP contribution < -0.4 is 16.4 Å². The third-order valence-electron chi connectivity index (χ3n) is 2.25. The molecule has 0 fully saturated rings. The Labute approximate surface area is 106 Å². The SMILES string of the molecule is CCCNc1ncccc1C(=O)NCCC(N)=O. The number of nitrogens with zero attached hydrogens (tertiary/aromatic N) is 1. The molecule has 0 aliphatic heterocycles. The van der Waals surface area contributed by atoms with E-state index in [4.69, 9.17) is 5.73 Å². The molecule has 0 aliphatic carbocycles. The molecule has 0 atom stereocenters. The van der Waals surface area contributed by atoms with Crippen LogP contribution in [0.4, 0.5) is 5.82 Å². The number of aromatic nitrogens is 1. The van der Waals surface area contributed by atoms with E-state index in [0.29, 0.717) is 11.4 Å². The van der Waals surface area contributed by atoms with Crippen LogP contribution in [0.2, 0.25) is 0 Å². The van der Waals surface area contributed by atoms with Crippen molar-refractivity contribution < 1.29 is 9.59 Å². The first-order valence-corrected chi connectivity index (χ1v) is 5.90. The Morgan fingerprint density at radius 2 is 2.17 bits per heavy atom. The highest BCUT2D eigenvalue weighted by Gasteiger charge is 2.11. The maximum atomic E-state index is 11.9. The number of carbonyl (C=O) groups is 2. The van der Waals surface area contributed by atoms with E-state index in [2.05, 4.69) is 15.6 Å². The highest BCUT2D eigenvalue weighted by atomic mass is 16.2. The van der Waals surface area contributed by atoms with Gasteiger partial charge in [-0.2, -0.15) is 0 Å². The number of primary amides is 1. The van der Waals surface area contributed by atoms with Crippen molar-refractivity contribution in [3.8, 4) is 0 Å². The second-order valence-electron chi connectivity index (χ2n) is 3.80. The average Bonchev–Trinajstić information content (AvgIpc) is 2.36. The van der Waals surface area contributed by atoms with Crippen molar-refractivity contribution >= 4 is 17.6 Å². The lowest BCUT2D eigenvalue weighted by molar-refractivity contribution is -0.117. The summed E-state index contributed by atoms with van der Waals surface area (Å²) in [6.07, 6.45) is 2.70. The number of amides is 2. The minimum absolute atomic E-state index is 0.129. The van der Waals surface area contributed by atoms with Crippen molar-refractivity contribution in [2.45, 2.75) is 19.8 Å². The number of nitrogens with one attached hydrogen (secondary N) is 2. The first-order chi connectivity index (χ1) is 8.65. The van der Waals surface area contributed by atoms with E-state index in [1.165, 1.54) is 0 Å². The molecule has 0 saturated heterocycles. The van der Waals surface area contributed by atoms with Gasteiger partial charge < -0.3 is 16.4 Å². The summed E-state index contributed by atoms with van der Waals surface area (Å²) in [7, 11) is 0. The molecule has 6 nitrogen and oxygen atoms in total. The Morgan fingerprint density at radius 1 is 1.39 bits per heavy atom.